The summed E-state index contributed by atoms with van der Waals surface area (Å²) in [5.41, 5.74) is 3.03. The molecule has 7 amide bonds. The third kappa shape index (κ3) is 16.7. The third-order valence-electron chi connectivity index (χ3n) is 18.4. The second-order valence-electron chi connectivity index (χ2n) is 24.8. The number of fused-ring (bicyclic) bond motifs is 1. The molecule has 2 aliphatic heterocycles. The summed E-state index contributed by atoms with van der Waals surface area (Å²) < 4.78 is 0. The lowest BCUT2D eigenvalue weighted by atomic mass is 9.76. The van der Waals surface area contributed by atoms with E-state index in [1.54, 1.807) is 12.1 Å². The van der Waals surface area contributed by atoms with Crippen molar-refractivity contribution in [1.82, 2.24) is 35.6 Å². The Balaban J connectivity index is 1.07. The second kappa shape index (κ2) is 29.6. The first-order valence-corrected chi connectivity index (χ1v) is 31.1. The van der Waals surface area contributed by atoms with Crippen LogP contribution in [0.15, 0.2) is 97.1 Å². The van der Waals surface area contributed by atoms with Crippen LogP contribution in [0.5, 0.6) is 0 Å². The second-order valence-corrected chi connectivity index (χ2v) is 24.8. The fourth-order valence-electron chi connectivity index (χ4n) is 13.4. The summed E-state index contributed by atoms with van der Waals surface area (Å²) in [6.07, 6.45) is 12.6. The van der Waals surface area contributed by atoms with E-state index in [1.807, 2.05) is 132 Å². The Morgan fingerprint density at radius 2 is 1.01 bits per heavy atom. The van der Waals surface area contributed by atoms with E-state index in [-0.39, 0.29) is 109 Å². The standard InChI is InChI=1S/C68H91N7O8/c1-7-46(4)64(79)71-63(52-26-18-11-19-27-52)68(83)75-42-58(70-48(6)77)39-60(75)44-73(35-33-50-22-14-9-15-23-50)66(81)56-31-29-53-36-55(30-28-54(53)37-56)65(80)72(34-32-49-20-12-8-13-21-49)43-59-38-57(69-47(5)76)41-74(59)67(82)61(40-62(78)45(2)3)51-24-16-10-17-25-51/h8-9,12-15,20-23,28-31,36-37,45-46,51-52,57-61,63H,7,10-11,16-19,24-27,32-35,38-44H2,1-6H3,(H,69,76)(H,70,77)(H,71,79)/t46-,57+,58+,59+,60+,61+,63+/m1/s1. The molecule has 4 fully saturated rings. The molecular weight excluding hydrogens is 1040 g/mol. The van der Waals surface area contributed by atoms with E-state index in [0.29, 0.717) is 62.9 Å². The van der Waals surface area contributed by atoms with Gasteiger partial charge in [0.25, 0.3) is 11.8 Å². The first kappa shape index (κ1) is 62.2. The van der Waals surface area contributed by atoms with Crippen LogP contribution in [0.1, 0.15) is 163 Å². The van der Waals surface area contributed by atoms with E-state index >= 15 is 19.2 Å². The molecule has 2 saturated heterocycles. The average molecular weight is 1130 g/mol. The lowest BCUT2D eigenvalue weighted by Crippen LogP contribution is -2.56. The smallest absolute Gasteiger partial charge is 0.253 e. The SMILES string of the molecule is CC[C@@H](C)C(=O)N[C@H](C(=O)N1C[C@@H](NC(C)=O)C[C@H]1CN(CCc1ccccc1)C(=O)c1ccc2cc(C(=O)N(CCc3ccccc3)C[C@@H]3C[C@H](NC(C)=O)CN3C(=O)[C@@H](CC(=O)C(C)C)C3CCCCC3)ccc2c1)C1CCCCC1. The number of nitrogens with one attached hydrogen (secondary N) is 3. The maximum atomic E-state index is 15.1. The minimum atomic E-state index is -0.711. The lowest BCUT2D eigenvalue weighted by Gasteiger charge is -2.37. The molecule has 2 aliphatic carbocycles. The van der Waals surface area contributed by atoms with Crippen LogP contribution in [0.25, 0.3) is 10.8 Å². The number of carbonyl (C=O) groups is 8. The number of ketones is 1. The molecule has 7 atom stereocenters. The van der Waals surface area contributed by atoms with Gasteiger partial charge in [-0.1, -0.05) is 139 Å². The van der Waals surface area contributed by atoms with Crippen molar-refractivity contribution in [2.45, 2.75) is 174 Å². The van der Waals surface area contributed by atoms with Crippen molar-refractivity contribution in [2.75, 3.05) is 39.3 Å². The number of likely N-dealkylation sites (tertiary alicyclic amines) is 2. The highest BCUT2D eigenvalue weighted by atomic mass is 16.2. The zero-order valence-corrected chi connectivity index (χ0v) is 50.1. The Hall–Kier alpha value is -6.90. The minimum absolute atomic E-state index is 0.0133. The number of rotatable bonds is 24. The molecule has 0 radical (unpaired) electrons. The van der Waals surface area contributed by atoms with Crippen LogP contribution in [-0.4, -0.2) is 136 Å². The van der Waals surface area contributed by atoms with E-state index in [4.69, 9.17) is 0 Å². The van der Waals surface area contributed by atoms with E-state index in [9.17, 15) is 19.2 Å². The molecule has 2 heterocycles. The zero-order chi connectivity index (χ0) is 59.2. The molecule has 3 N–H and O–H groups in total. The van der Waals surface area contributed by atoms with Crippen LogP contribution in [0, 0.1) is 29.6 Å². The lowest BCUT2D eigenvalue weighted by molar-refractivity contribution is -0.142. The van der Waals surface area contributed by atoms with Gasteiger partial charge in [0, 0.05) is 101 Å². The Labute approximate surface area is 492 Å². The Morgan fingerprint density at radius 3 is 1.45 bits per heavy atom. The predicted molar refractivity (Wildman–Crippen MR) is 324 cm³/mol. The summed E-state index contributed by atoms with van der Waals surface area (Å²) in [6, 6.07) is 28.8. The van der Waals surface area contributed by atoms with Crippen molar-refractivity contribution in [1.29, 1.82) is 0 Å². The van der Waals surface area contributed by atoms with E-state index in [1.165, 1.54) is 13.8 Å². The third-order valence-corrected chi connectivity index (χ3v) is 18.4. The Morgan fingerprint density at radius 1 is 0.566 bits per heavy atom. The number of amides is 7. The summed E-state index contributed by atoms with van der Waals surface area (Å²) in [4.78, 5) is 120. The molecule has 0 spiro atoms. The highest BCUT2D eigenvalue weighted by Crippen LogP contribution is 2.36. The molecule has 15 nitrogen and oxygen atoms in total. The maximum absolute atomic E-state index is 15.1. The van der Waals surface area contributed by atoms with Gasteiger partial charge in [0.15, 0.2) is 0 Å². The van der Waals surface area contributed by atoms with Gasteiger partial charge >= 0.3 is 0 Å². The first-order chi connectivity index (χ1) is 40.0. The Kier molecular flexibility index (Phi) is 22.1. The van der Waals surface area contributed by atoms with E-state index < -0.39 is 24.0 Å². The van der Waals surface area contributed by atoms with Gasteiger partial charge < -0.3 is 35.6 Å². The molecule has 4 aliphatic rings. The van der Waals surface area contributed by atoms with Crippen molar-refractivity contribution >= 4 is 57.9 Å². The number of carbonyl (C=O) groups excluding carboxylic acids is 8. The molecule has 0 aromatic heterocycles. The van der Waals surface area contributed by atoms with Gasteiger partial charge in [-0.3, -0.25) is 38.4 Å². The summed E-state index contributed by atoms with van der Waals surface area (Å²) >= 11 is 0. The fourth-order valence-corrected chi connectivity index (χ4v) is 13.4. The summed E-state index contributed by atoms with van der Waals surface area (Å²) in [6.45, 7) is 12.3. The number of nitrogens with zero attached hydrogens (tertiary/aromatic N) is 4. The van der Waals surface area contributed by atoms with Gasteiger partial charge in [0.05, 0.1) is 12.1 Å². The molecule has 4 aromatic rings. The quantitative estimate of drug-likeness (QED) is 0.0620. The van der Waals surface area contributed by atoms with Crippen LogP contribution in [-0.2, 0) is 41.6 Å². The van der Waals surface area contributed by atoms with Gasteiger partial charge in [-0.2, -0.15) is 0 Å². The monoisotopic (exact) mass is 1130 g/mol. The van der Waals surface area contributed by atoms with E-state index in [0.717, 1.165) is 86.1 Å². The molecule has 15 heteroatoms. The van der Waals surface area contributed by atoms with Gasteiger partial charge in [-0.25, -0.2) is 0 Å². The maximum Gasteiger partial charge on any atom is 0.253 e. The predicted octanol–water partition coefficient (Wildman–Crippen LogP) is 9.34. The summed E-state index contributed by atoms with van der Waals surface area (Å²) in [5, 5.41) is 10.8. The molecule has 4 aromatic carbocycles. The average Bonchev–Trinajstić information content (AvgIpc) is 4.32. The molecule has 2 saturated carbocycles. The van der Waals surface area contributed by atoms with Crippen LogP contribution >= 0.6 is 0 Å². The zero-order valence-electron chi connectivity index (χ0n) is 50.1. The van der Waals surface area contributed by atoms with Crippen LogP contribution in [0.2, 0.25) is 0 Å². The molecule has 0 bridgehead atoms. The van der Waals surface area contributed by atoms with Gasteiger partial charge in [0.2, 0.25) is 29.5 Å². The van der Waals surface area contributed by atoms with Crippen molar-refractivity contribution in [3.63, 3.8) is 0 Å². The highest BCUT2D eigenvalue weighted by molar-refractivity contribution is 6.02. The molecular formula is C68H91N7O8. The van der Waals surface area contributed by atoms with Crippen LogP contribution < -0.4 is 16.0 Å². The number of hydrogen-bond donors (Lipinski definition) is 3. The van der Waals surface area contributed by atoms with Crippen LogP contribution in [0.4, 0.5) is 0 Å². The Bertz CT molecular complexity index is 2880. The topological polar surface area (TPSA) is 186 Å². The van der Waals surface area contributed by atoms with Gasteiger partial charge in [-0.15, -0.1) is 0 Å². The minimum Gasteiger partial charge on any atom is -0.352 e. The van der Waals surface area contributed by atoms with Crippen molar-refractivity contribution in [3.05, 3.63) is 119 Å². The number of hydrogen-bond acceptors (Lipinski definition) is 8. The van der Waals surface area contributed by atoms with Gasteiger partial charge in [0.1, 0.15) is 11.8 Å². The summed E-state index contributed by atoms with van der Waals surface area (Å²) in [5.74, 6) is -1.96. The van der Waals surface area contributed by atoms with E-state index in [2.05, 4.69) is 16.0 Å². The number of Topliss-reactive ketones (excluding diaryl/α,β-unsaturated/α-hetero) is 1. The largest absolute Gasteiger partial charge is 0.352 e. The van der Waals surface area contributed by atoms with Crippen molar-refractivity contribution in [3.8, 4) is 0 Å². The van der Waals surface area contributed by atoms with Crippen LogP contribution in [0.3, 0.4) is 0 Å². The normalized spacial score (nSPS) is 20.6. The van der Waals surface area contributed by atoms with Gasteiger partial charge in [-0.05, 0) is 116 Å². The molecule has 83 heavy (non-hydrogen) atoms. The molecule has 446 valence electrons. The van der Waals surface area contributed by atoms with Crippen molar-refractivity contribution < 1.29 is 38.4 Å². The highest BCUT2D eigenvalue weighted by Gasteiger charge is 2.45. The summed E-state index contributed by atoms with van der Waals surface area (Å²) in [7, 11) is 0. The van der Waals surface area contributed by atoms with Crippen molar-refractivity contribution in [2.24, 2.45) is 29.6 Å². The first-order valence-electron chi connectivity index (χ1n) is 31.1. The fraction of sp³-hybridized carbons (Fsp3) is 0.559. The molecule has 8 rings (SSSR count). The molecule has 0 unspecified atom stereocenters. The number of benzene rings is 4.